The van der Waals surface area contributed by atoms with Gasteiger partial charge in [-0.05, 0) is 25.7 Å². The summed E-state index contributed by atoms with van der Waals surface area (Å²) in [5, 5.41) is 4.34. The van der Waals surface area contributed by atoms with Crippen LogP contribution in [0.5, 0.6) is 11.5 Å². The van der Waals surface area contributed by atoms with E-state index in [4.69, 9.17) is 18.9 Å². The van der Waals surface area contributed by atoms with Crippen LogP contribution in [0.3, 0.4) is 0 Å². The summed E-state index contributed by atoms with van der Waals surface area (Å²) < 4.78 is 25.0. The predicted molar refractivity (Wildman–Crippen MR) is 138 cm³/mol. The van der Waals surface area contributed by atoms with Gasteiger partial charge in [0.1, 0.15) is 24.7 Å². The van der Waals surface area contributed by atoms with E-state index in [0.29, 0.717) is 38.6 Å². The monoisotopic (exact) mass is 462 g/mol. The minimum Gasteiger partial charge on any atom is -0.490 e. The van der Waals surface area contributed by atoms with Gasteiger partial charge in [-0.1, -0.05) is 87.1 Å². The van der Waals surface area contributed by atoms with Gasteiger partial charge in [-0.2, -0.15) is 0 Å². The van der Waals surface area contributed by atoms with Crippen LogP contribution in [-0.4, -0.2) is 38.6 Å². The highest BCUT2D eigenvalue weighted by atomic mass is 16.5. The van der Waals surface area contributed by atoms with E-state index < -0.39 is 0 Å². The van der Waals surface area contributed by atoms with Crippen LogP contribution in [-0.2, 0) is 9.47 Å². The van der Waals surface area contributed by atoms with E-state index in [0.717, 1.165) is 33.0 Å². The molecule has 2 saturated carbocycles. The van der Waals surface area contributed by atoms with Crippen molar-refractivity contribution in [1.82, 2.24) is 0 Å². The largest absolute Gasteiger partial charge is 0.490 e. The van der Waals surface area contributed by atoms with E-state index >= 15 is 0 Å². The first-order valence-electron chi connectivity index (χ1n) is 13.3. The van der Waals surface area contributed by atoms with Crippen molar-refractivity contribution in [3.05, 3.63) is 48.5 Å². The fourth-order valence-electron chi connectivity index (χ4n) is 5.54. The molecular formula is C30H38O4. The molecule has 2 aliphatic rings. The Kier molecular flexibility index (Phi) is 8.21. The Balaban J connectivity index is 1.30. The number of benzene rings is 3. The Hall–Kier alpha value is -2.30. The van der Waals surface area contributed by atoms with Crippen LogP contribution in [0.15, 0.2) is 48.5 Å². The molecule has 0 bridgehead atoms. The third-order valence-corrected chi connectivity index (χ3v) is 7.30. The molecule has 5 rings (SSSR count). The number of fused-ring (bicyclic) bond motifs is 2. The first-order chi connectivity index (χ1) is 16.9. The van der Waals surface area contributed by atoms with Crippen molar-refractivity contribution < 1.29 is 18.9 Å². The number of ether oxygens (including phenoxy) is 4. The topological polar surface area (TPSA) is 36.9 Å². The minimum absolute atomic E-state index is 0.400. The second-order valence-electron chi connectivity index (χ2n) is 9.71. The lowest BCUT2D eigenvalue weighted by atomic mass is 9.98. The smallest absolute Gasteiger partial charge is 0.135 e. The van der Waals surface area contributed by atoms with E-state index in [1.165, 1.54) is 64.2 Å². The zero-order chi connectivity index (χ0) is 23.0. The molecule has 3 aromatic carbocycles. The normalized spacial score (nSPS) is 17.9. The lowest BCUT2D eigenvalue weighted by Gasteiger charge is -2.23. The number of rotatable bonds is 10. The summed E-state index contributed by atoms with van der Waals surface area (Å²) in [7, 11) is 0. The zero-order valence-corrected chi connectivity index (χ0v) is 20.3. The van der Waals surface area contributed by atoms with Crippen molar-refractivity contribution >= 4 is 21.5 Å². The molecule has 0 aliphatic heterocycles. The van der Waals surface area contributed by atoms with Crippen molar-refractivity contribution in [1.29, 1.82) is 0 Å². The van der Waals surface area contributed by atoms with E-state index in [2.05, 4.69) is 48.5 Å². The summed E-state index contributed by atoms with van der Waals surface area (Å²) in [6.07, 6.45) is 13.4. The fourth-order valence-corrected chi connectivity index (χ4v) is 5.54. The molecule has 3 aromatic rings. The third-order valence-electron chi connectivity index (χ3n) is 7.30. The summed E-state index contributed by atoms with van der Waals surface area (Å²) in [4.78, 5) is 0. The Bertz CT molecular complexity index is 909. The van der Waals surface area contributed by atoms with Gasteiger partial charge in [0.15, 0.2) is 0 Å². The third kappa shape index (κ3) is 5.67. The summed E-state index contributed by atoms with van der Waals surface area (Å²) >= 11 is 0. The van der Waals surface area contributed by atoms with Gasteiger partial charge in [-0.15, -0.1) is 0 Å². The first-order valence-corrected chi connectivity index (χ1v) is 13.3. The molecule has 0 unspecified atom stereocenters. The van der Waals surface area contributed by atoms with Crippen LogP contribution in [0.4, 0.5) is 0 Å². The highest BCUT2D eigenvalue weighted by Crippen LogP contribution is 2.42. The Labute approximate surface area is 203 Å². The molecular weight excluding hydrogens is 424 g/mol. The van der Waals surface area contributed by atoms with Gasteiger partial charge in [-0.25, -0.2) is 0 Å². The molecule has 0 radical (unpaired) electrons. The lowest BCUT2D eigenvalue weighted by Crippen LogP contribution is -2.20. The molecule has 0 aromatic heterocycles. The molecule has 0 heterocycles. The number of hydrogen-bond donors (Lipinski definition) is 0. The lowest BCUT2D eigenvalue weighted by molar-refractivity contribution is 0.0130. The van der Waals surface area contributed by atoms with E-state index in [1.54, 1.807) is 0 Å². The SMILES string of the molecule is c1ccc2c(OCCOC3CCCCC3)c3ccccc3c(OCCOC3CCCCC3)c2c1. The van der Waals surface area contributed by atoms with Crippen molar-refractivity contribution in [3.63, 3.8) is 0 Å². The van der Waals surface area contributed by atoms with Crippen LogP contribution in [0, 0.1) is 0 Å². The second kappa shape index (κ2) is 11.9. The molecule has 2 aliphatic carbocycles. The van der Waals surface area contributed by atoms with Crippen LogP contribution in [0.25, 0.3) is 21.5 Å². The van der Waals surface area contributed by atoms with Gasteiger partial charge in [0.25, 0.3) is 0 Å². The van der Waals surface area contributed by atoms with Crippen LogP contribution in [0.1, 0.15) is 64.2 Å². The maximum Gasteiger partial charge on any atom is 0.135 e. The molecule has 34 heavy (non-hydrogen) atoms. The molecule has 0 atom stereocenters. The highest BCUT2D eigenvalue weighted by molar-refractivity contribution is 6.11. The standard InChI is InChI=1S/C30H38O4/c1-3-11-23(12-4-1)31-19-21-33-29-25-15-7-9-17-27(25)30(28-18-10-8-16-26(28)29)34-22-20-32-24-13-5-2-6-14-24/h7-10,15-18,23-24H,1-6,11-14,19-22H2. The molecule has 182 valence electrons. The number of hydrogen-bond acceptors (Lipinski definition) is 4. The fraction of sp³-hybridized carbons (Fsp3) is 0.533. The molecule has 2 fully saturated rings. The van der Waals surface area contributed by atoms with Crippen molar-refractivity contribution in [2.45, 2.75) is 76.4 Å². The van der Waals surface area contributed by atoms with Gasteiger partial charge in [0.05, 0.1) is 25.4 Å². The highest BCUT2D eigenvalue weighted by Gasteiger charge is 2.18. The molecule has 0 spiro atoms. The summed E-state index contributed by atoms with van der Waals surface area (Å²) in [6.45, 7) is 2.37. The van der Waals surface area contributed by atoms with Crippen LogP contribution in [0.2, 0.25) is 0 Å². The van der Waals surface area contributed by atoms with Gasteiger partial charge < -0.3 is 18.9 Å². The molecule has 4 nitrogen and oxygen atoms in total. The quantitative estimate of drug-likeness (QED) is 0.232. The minimum atomic E-state index is 0.400. The van der Waals surface area contributed by atoms with Crippen molar-refractivity contribution in [2.75, 3.05) is 26.4 Å². The van der Waals surface area contributed by atoms with Gasteiger partial charge in [0.2, 0.25) is 0 Å². The van der Waals surface area contributed by atoms with Gasteiger partial charge in [0, 0.05) is 21.5 Å². The average Bonchev–Trinajstić information content (AvgIpc) is 2.90. The van der Waals surface area contributed by atoms with E-state index in [1.807, 2.05) is 0 Å². The van der Waals surface area contributed by atoms with Crippen molar-refractivity contribution in [2.24, 2.45) is 0 Å². The Morgan fingerprint density at radius 3 is 1.18 bits per heavy atom. The second-order valence-corrected chi connectivity index (χ2v) is 9.71. The molecule has 0 N–H and O–H groups in total. The van der Waals surface area contributed by atoms with E-state index in [9.17, 15) is 0 Å². The van der Waals surface area contributed by atoms with Crippen LogP contribution >= 0.6 is 0 Å². The maximum absolute atomic E-state index is 6.38. The van der Waals surface area contributed by atoms with Crippen LogP contribution < -0.4 is 9.47 Å². The molecule has 0 saturated heterocycles. The summed E-state index contributed by atoms with van der Waals surface area (Å²) in [5.41, 5.74) is 0. The van der Waals surface area contributed by atoms with Gasteiger partial charge in [-0.3, -0.25) is 0 Å². The Morgan fingerprint density at radius 2 is 0.824 bits per heavy atom. The zero-order valence-electron chi connectivity index (χ0n) is 20.3. The predicted octanol–water partition coefficient (Wildman–Crippen LogP) is 7.45. The summed E-state index contributed by atoms with van der Waals surface area (Å²) in [6, 6.07) is 16.8. The maximum atomic E-state index is 6.38. The molecule has 0 amide bonds. The summed E-state index contributed by atoms with van der Waals surface area (Å²) in [5.74, 6) is 1.84. The van der Waals surface area contributed by atoms with E-state index in [-0.39, 0.29) is 0 Å². The average molecular weight is 463 g/mol. The Morgan fingerprint density at radius 1 is 0.471 bits per heavy atom. The van der Waals surface area contributed by atoms with Gasteiger partial charge >= 0.3 is 0 Å². The van der Waals surface area contributed by atoms with Crippen molar-refractivity contribution in [3.8, 4) is 11.5 Å². The first kappa shape index (κ1) is 23.4. The molecule has 4 heteroatoms.